The lowest BCUT2D eigenvalue weighted by molar-refractivity contribution is -0.143. The van der Waals surface area contributed by atoms with Gasteiger partial charge in [-0.3, -0.25) is 14.5 Å². The predicted molar refractivity (Wildman–Crippen MR) is 219 cm³/mol. The number of amides is 2. The average molecular weight is 746 g/mol. The molecule has 3 fully saturated rings. The van der Waals surface area contributed by atoms with Gasteiger partial charge in [0.1, 0.15) is 5.75 Å². The number of phenolic OH excluding ortho intramolecular Hbond substituents is 1. The molecule has 7 rings (SSSR count). The van der Waals surface area contributed by atoms with Crippen molar-refractivity contribution in [1.29, 1.82) is 0 Å². The van der Waals surface area contributed by atoms with Gasteiger partial charge in [-0.05, 0) is 108 Å². The summed E-state index contributed by atoms with van der Waals surface area (Å²) >= 11 is 0. The first-order valence-corrected chi connectivity index (χ1v) is 22.3. The Morgan fingerprint density at radius 3 is 2.09 bits per heavy atom. The summed E-state index contributed by atoms with van der Waals surface area (Å²) in [5.41, 5.74) is 6.56. The molecule has 4 aliphatic rings. The molecule has 0 bridgehead atoms. The van der Waals surface area contributed by atoms with Gasteiger partial charge in [0.15, 0.2) is 0 Å². The van der Waals surface area contributed by atoms with Crippen LogP contribution in [0.15, 0.2) is 89.5 Å². The monoisotopic (exact) mass is 745 g/mol. The highest BCUT2D eigenvalue weighted by atomic mass is 28.4. The molecule has 2 aliphatic heterocycles. The Hall–Kier alpha value is -3.78. The normalized spacial score (nSPS) is 24.0. The lowest BCUT2D eigenvalue weighted by Gasteiger charge is -2.44. The summed E-state index contributed by atoms with van der Waals surface area (Å²) in [5.74, 6) is -0.428. The Balaban J connectivity index is 1.25. The Bertz CT molecular complexity index is 1840. The number of likely N-dealkylation sites (tertiary alicyclic amines) is 1. The smallest absolute Gasteiger partial charge is 0.261 e. The lowest BCUT2D eigenvalue weighted by Crippen LogP contribution is -2.66. The second kappa shape index (κ2) is 15.8. The maximum absolute atomic E-state index is 14.4. The summed E-state index contributed by atoms with van der Waals surface area (Å²) in [4.78, 5) is 30.4. The molecular formula is C47H59NO5Si. The van der Waals surface area contributed by atoms with Crippen LogP contribution in [0.2, 0.25) is 5.04 Å². The summed E-state index contributed by atoms with van der Waals surface area (Å²) in [6.07, 6.45) is 10.4. The molecule has 3 aromatic rings. The van der Waals surface area contributed by atoms with E-state index in [1.54, 1.807) is 4.90 Å². The number of ether oxygens (including phenoxy) is 1. The van der Waals surface area contributed by atoms with Crippen LogP contribution in [0, 0.1) is 31.6 Å². The highest BCUT2D eigenvalue weighted by molar-refractivity contribution is 6.99. The third kappa shape index (κ3) is 7.08. The van der Waals surface area contributed by atoms with Crippen LogP contribution in [0.25, 0.3) is 6.08 Å². The van der Waals surface area contributed by atoms with Crippen molar-refractivity contribution in [3.05, 3.63) is 106 Å². The lowest BCUT2D eigenvalue weighted by atomic mass is 9.69. The number of aromatic hydroxyl groups is 1. The van der Waals surface area contributed by atoms with Crippen molar-refractivity contribution in [1.82, 2.24) is 4.90 Å². The van der Waals surface area contributed by atoms with Crippen LogP contribution < -0.4 is 10.4 Å². The van der Waals surface area contributed by atoms with Crippen LogP contribution in [0.5, 0.6) is 5.75 Å². The van der Waals surface area contributed by atoms with E-state index in [9.17, 15) is 14.7 Å². The Kier molecular flexibility index (Phi) is 11.2. The molecule has 7 heteroatoms. The van der Waals surface area contributed by atoms with Gasteiger partial charge in [0.2, 0.25) is 11.8 Å². The van der Waals surface area contributed by atoms with Crippen LogP contribution in [-0.2, 0) is 18.8 Å². The molecule has 3 aromatic carbocycles. The number of phenols is 1. The number of hydrogen-bond acceptors (Lipinski definition) is 5. The van der Waals surface area contributed by atoms with E-state index in [1.165, 1.54) is 27.9 Å². The number of imide groups is 1. The van der Waals surface area contributed by atoms with Crippen molar-refractivity contribution in [2.24, 2.45) is 17.8 Å². The fourth-order valence-electron chi connectivity index (χ4n) is 10.3. The minimum Gasteiger partial charge on any atom is -0.507 e. The van der Waals surface area contributed by atoms with E-state index in [-0.39, 0.29) is 46.8 Å². The molecular weight excluding hydrogens is 687 g/mol. The van der Waals surface area contributed by atoms with E-state index in [2.05, 4.69) is 94.4 Å². The number of allylic oxidation sites excluding steroid dienone is 1. The molecule has 0 radical (unpaired) electrons. The first kappa shape index (κ1) is 38.5. The summed E-state index contributed by atoms with van der Waals surface area (Å²) in [5, 5.41) is 12.6. The van der Waals surface area contributed by atoms with Crippen molar-refractivity contribution in [2.45, 2.75) is 117 Å². The van der Waals surface area contributed by atoms with Gasteiger partial charge in [-0.15, -0.1) is 0 Å². The average Bonchev–Trinajstić information content (AvgIpc) is 3.70. The number of carbonyl (C=O) groups excluding carboxylic acids is 2. The molecule has 4 atom stereocenters. The van der Waals surface area contributed by atoms with E-state index < -0.39 is 8.32 Å². The minimum atomic E-state index is -2.87. The van der Waals surface area contributed by atoms with Crippen molar-refractivity contribution in [3.8, 4) is 5.75 Å². The molecule has 286 valence electrons. The molecule has 2 amide bonds. The molecule has 0 aromatic heterocycles. The Labute approximate surface area is 323 Å². The summed E-state index contributed by atoms with van der Waals surface area (Å²) in [6.45, 7) is 13.9. The van der Waals surface area contributed by atoms with Gasteiger partial charge in [-0.25, -0.2) is 0 Å². The number of aryl methyl sites for hydroxylation is 2. The van der Waals surface area contributed by atoms with Crippen molar-refractivity contribution in [3.63, 3.8) is 0 Å². The van der Waals surface area contributed by atoms with E-state index in [1.807, 2.05) is 26.0 Å². The first-order valence-electron chi connectivity index (χ1n) is 20.4. The maximum atomic E-state index is 14.4. The second-order valence-corrected chi connectivity index (χ2v) is 21.6. The van der Waals surface area contributed by atoms with Crippen molar-refractivity contribution < 1.29 is 23.9 Å². The molecule has 0 unspecified atom stereocenters. The molecule has 2 aliphatic carbocycles. The first-order chi connectivity index (χ1) is 25.9. The minimum absolute atomic E-state index is 0.0205. The molecule has 6 nitrogen and oxygen atoms in total. The SMILES string of the molecule is CC/C(=C\c1cc(C)c(O)c(C)c1)CC[C@H]1OC[C@H]2C1=C(CO[Si](c1ccccc1)(c1ccccc1)C(C)(C)C)C[C@H]1C(=O)N(C3CCCCC3)C(=O)[C@H]12. The van der Waals surface area contributed by atoms with Gasteiger partial charge in [0.25, 0.3) is 8.32 Å². The number of hydrogen-bond donors (Lipinski definition) is 1. The van der Waals surface area contributed by atoms with Gasteiger partial charge in [-0.1, -0.05) is 119 Å². The number of nitrogens with zero attached hydrogens (tertiary/aromatic N) is 1. The van der Waals surface area contributed by atoms with Crippen molar-refractivity contribution in [2.75, 3.05) is 13.2 Å². The van der Waals surface area contributed by atoms with Gasteiger partial charge in [0, 0.05) is 12.0 Å². The summed E-state index contributed by atoms with van der Waals surface area (Å²) in [6, 6.07) is 25.6. The number of benzene rings is 3. The summed E-state index contributed by atoms with van der Waals surface area (Å²) in [7, 11) is -2.87. The molecule has 1 N–H and O–H groups in total. The van der Waals surface area contributed by atoms with Crippen LogP contribution in [0.1, 0.15) is 102 Å². The second-order valence-electron chi connectivity index (χ2n) is 17.3. The van der Waals surface area contributed by atoms with Crippen LogP contribution in [0.4, 0.5) is 0 Å². The van der Waals surface area contributed by atoms with Crippen LogP contribution in [-0.4, -0.2) is 55.5 Å². The van der Waals surface area contributed by atoms with Crippen LogP contribution >= 0.6 is 0 Å². The zero-order chi connectivity index (χ0) is 38.2. The molecule has 2 heterocycles. The standard InChI is InChI=1S/C47H59NO5Si/c1-7-33(27-34-25-31(2)44(49)32(3)26-34)23-24-41-42-35(28-39-43(40(42)30-52-41)46(51)48(45(39)50)36-17-11-8-12-18-36)29-53-54(47(4,5)6,37-19-13-9-14-20-37)38-21-15-10-16-22-38/h9-10,13-16,19-22,25-27,36,39-41,43,49H,7-8,11-12,17-18,23-24,28-30H2,1-6H3/b33-27+/t39-,40+,41-,43-/m1/s1. The topological polar surface area (TPSA) is 76.1 Å². The van der Waals surface area contributed by atoms with Crippen LogP contribution in [0.3, 0.4) is 0 Å². The zero-order valence-electron chi connectivity index (χ0n) is 33.2. The Morgan fingerprint density at radius 2 is 1.52 bits per heavy atom. The van der Waals surface area contributed by atoms with E-state index in [0.29, 0.717) is 25.4 Å². The fourth-order valence-corrected chi connectivity index (χ4v) is 14.8. The fraction of sp³-hybridized carbons (Fsp3) is 0.489. The van der Waals surface area contributed by atoms with E-state index in [0.717, 1.165) is 67.2 Å². The number of rotatable bonds is 11. The van der Waals surface area contributed by atoms with Gasteiger partial charge in [-0.2, -0.15) is 0 Å². The van der Waals surface area contributed by atoms with E-state index >= 15 is 0 Å². The third-order valence-corrected chi connectivity index (χ3v) is 17.9. The van der Waals surface area contributed by atoms with Crippen molar-refractivity contribution >= 4 is 36.6 Å². The number of carbonyl (C=O) groups is 2. The van der Waals surface area contributed by atoms with E-state index in [4.69, 9.17) is 9.16 Å². The maximum Gasteiger partial charge on any atom is 0.261 e. The quantitative estimate of drug-likeness (QED) is 0.121. The molecule has 0 spiro atoms. The molecule has 1 saturated carbocycles. The Morgan fingerprint density at radius 1 is 0.907 bits per heavy atom. The largest absolute Gasteiger partial charge is 0.507 e. The summed E-state index contributed by atoms with van der Waals surface area (Å²) < 4.78 is 14.3. The van der Waals surface area contributed by atoms with Gasteiger partial charge in [0.05, 0.1) is 31.2 Å². The highest BCUT2D eigenvalue weighted by Crippen LogP contribution is 2.51. The molecule has 2 saturated heterocycles. The predicted octanol–water partition coefficient (Wildman–Crippen LogP) is 8.81. The number of fused-ring (bicyclic) bond motifs is 3. The van der Waals surface area contributed by atoms with Gasteiger partial charge < -0.3 is 14.3 Å². The third-order valence-electron chi connectivity index (χ3n) is 12.9. The van der Waals surface area contributed by atoms with Gasteiger partial charge >= 0.3 is 0 Å². The zero-order valence-corrected chi connectivity index (χ0v) is 34.2. The highest BCUT2D eigenvalue weighted by Gasteiger charge is 2.59. The molecule has 54 heavy (non-hydrogen) atoms.